The van der Waals surface area contributed by atoms with Gasteiger partial charge in [-0.15, -0.1) is 0 Å². The predicted octanol–water partition coefficient (Wildman–Crippen LogP) is 4.27. The van der Waals surface area contributed by atoms with E-state index in [1.54, 1.807) is 32.0 Å². The highest BCUT2D eigenvalue weighted by atomic mass is 19.1. The fraction of sp³-hybridized carbons (Fsp3) is 0.261. The highest BCUT2D eigenvalue weighted by molar-refractivity contribution is 6.01. The molecule has 0 saturated heterocycles. The number of aromatic hydroxyl groups is 1. The van der Waals surface area contributed by atoms with Gasteiger partial charge < -0.3 is 15.7 Å². The third-order valence-corrected chi connectivity index (χ3v) is 4.97. The van der Waals surface area contributed by atoms with Gasteiger partial charge in [0.05, 0.1) is 17.3 Å². The Morgan fingerprint density at radius 3 is 2.37 bits per heavy atom. The molecule has 0 fully saturated rings. The number of carbonyl (C=O) groups is 1. The average Bonchev–Trinajstić information content (AvgIpc) is 2.73. The molecular formula is C23H23FN2O4. The van der Waals surface area contributed by atoms with Gasteiger partial charge in [-0.3, -0.25) is 14.4 Å². The molecule has 0 saturated carbocycles. The van der Waals surface area contributed by atoms with Crippen molar-refractivity contribution in [2.75, 3.05) is 10.6 Å². The summed E-state index contributed by atoms with van der Waals surface area (Å²) in [6.45, 7) is 5.31. The lowest BCUT2D eigenvalue weighted by atomic mass is 9.99. The Morgan fingerprint density at radius 1 is 1.07 bits per heavy atom. The van der Waals surface area contributed by atoms with Crippen LogP contribution in [0.4, 0.5) is 21.5 Å². The van der Waals surface area contributed by atoms with Crippen molar-refractivity contribution < 1.29 is 14.3 Å². The summed E-state index contributed by atoms with van der Waals surface area (Å²) in [7, 11) is 0. The van der Waals surface area contributed by atoms with Crippen LogP contribution in [0.1, 0.15) is 49.2 Å². The third-order valence-electron chi connectivity index (χ3n) is 4.97. The highest BCUT2D eigenvalue weighted by Crippen LogP contribution is 2.33. The van der Waals surface area contributed by atoms with Gasteiger partial charge >= 0.3 is 0 Å². The minimum atomic E-state index is -0.730. The lowest BCUT2D eigenvalue weighted by molar-refractivity contribution is 0.0937. The second-order valence-electron chi connectivity index (χ2n) is 7.41. The number of para-hydroxylation sites is 1. The van der Waals surface area contributed by atoms with Crippen molar-refractivity contribution in [2.24, 2.45) is 5.92 Å². The van der Waals surface area contributed by atoms with E-state index in [2.05, 4.69) is 10.6 Å². The maximum Gasteiger partial charge on any atom is 0.253 e. The quantitative estimate of drug-likeness (QED) is 0.292. The SMILES string of the molecule is CC[C@@H](Nc1c(Nc2cccc(C(=O)C(C)C)c2O)c(=O)c1=O)c1cccc(F)c1. The van der Waals surface area contributed by atoms with Crippen molar-refractivity contribution in [3.05, 3.63) is 79.9 Å². The van der Waals surface area contributed by atoms with Crippen LogP contribution >= 0.6 is 0 Å². The van der Waals surface area contributed by atoms with Gasteiger partial charge in [0, 0.05) is 5.92 Å². The van der Waals surface area contributed by atoms with E-state index in [0.717, 1.165) is 0 Å². The molecule has 0 amide bonds. The molecule has 3 aromatic rings. The van der Waals surface area contributed by atoms with Crippen LogP contribution in [-0.2, 0) is 0 Å². The Bertz CT molecular complexity index is 1160. The van der Waals surface area contributed by atoms with Crippen molar-refractivity contribution in [1.29, 1.82) is 0 Å². The minimum absolute atomic E-state index is 0.000649. The number of nitrogens with one attached hydrogen (secondary N) is 2. The van der Waals surface area contributed by atoms with Crippen molar-refractivity contribution in [3.8, 4) is 5.75 Å². The van der Waals surface area contributed by atoms with Gasteiger partial charge in [-0.05, 0) is 36.2 Å². The number of ketones is 1. The Kier molecular flexibility index (Phi) is 6.01. The maximum atomic E-state index is 13.6. The zero-order valence-corrected chi connectivity index (χ0v) is 17.0. The van der Waals surface area contributed by atoms with Crippen LogP contribution in [-0.4, -0.2) is 10.9 Å². The Labute approximate surface area is 173 Å². The molecule has 0 spiro atoms. The van der Waals surface area contributed by atoms with Gasteiger partial charge in [-0.1, -0.05) is 39.0 Å². The van der Waals surface area contributed by atoms with Crippen LogP contribution in [0.5, 0.6) is 5.75 Å². The van der Waals surface area contributed by atoms with Crippen LogP contribution in [0.15, 0.2) is 52.1 Å². The molecule has 0 unspecified atom stereocenters. The molecule has 0 radical (unpaired) electrons. The van der Waals surface area contributed by atoms with E-state index < -0.39 is 16.7 Å². The van der Waals surface area contributed by atoms with Crippen molar-refractivity contribution in [2.45, 2.75) is 33.2 Å². The summed E-state index contributed by atoms with van der Waals surface area (Å²) in [5.74, 6) is -1.23. The Morgan fingerprint density at radius 2 is 1.73 bits per heavy atom. The number of anilines is 3. The lowest BCUT2D eigenvalue weighted by Crippen LogP contribution is -2.37. The van der Waals surface area contributed by atoms with Crippen molar-refractivity contribution in [1.82, 2.24) is 0 Å². The molecule has 1 atom stereocenters. The molecular weight excluding hydrogens is 387 g/mol. The van der Waals surface area contributed by atoms with E-state index >= 15 is 0 Å². The van der Waals surface area contributed by atoms with Gasteiger partial charge in [0.1, 0.15) is 22.9 Å². The van der Waals surface area contributed by atoms with E-state index in [-0.39, 0.29) is 46.1 Å². The van der Waals surface area contributed by atoms with Crippen LogP contribution < -0.4 is 21.5 Å². The number of hydrogen-bond acceptors (Lipinski definition) is 6. The number of hydrogen-bond donors (Lipinski definition) is 3. The minimum Gasteiger partial charge on any atom is -0.505 e. The highest BCUT2D eigenvalue weighted by Gasteiger charge is 2.25. The standard InChI is InChI=1S/C23H23FN2O4/c1-4-16(13-7-5-8-14(24)11-13)25-18-19(23(30)22(18)29)26-17-10-6-9-15(21(17)28)20(27)12(2)3/h5-12,16,25-26,28H,4H2,1-3H3/t16-/m1/s1. The maximum absolute atomic E-state index is 13.6. The average molecular weight is 410 g/mol. The first-order valence-corrected chi connectivity index (χ1v) is 9.73. The van der Waals surface area contributed by atoms with Crippen LogP contribution in [0.25, 0.3) is 0 Å². The van der Waals surface area contributed by atoms with Crippen LogP contribution in [0.3, 0.4) is 0 Å². The summed E-state index contributed by atoms with van der Waals surface area (Å²) in [4.78, 5) is 36.6. The molecule has 156 valence electrons. The second-order valence-corrected chi connectivity index (χ2v) is 7.41. The summed E-state index contributed by atoms with van der Waals surface area (Å²) in [5.41, 5.74) is -0.433. The third kappa shape index (κ3) is 3.96. The number of halogens is 1. The first kappa shape index (κ1) is 21.2. The largest absolute Gasteiger partial charge is 0.505 e. The van der Waals surface area contributed by atoms with E-state index in [4.69, 9.17) is 0 Å². The molecule has 3 N–H and O–H groups in total. The fourth-order valence-corrected chi connectivity index (χ4v) is 3.26. The molecule has 3 rings (SSSR count). The van der Waals surface area contributed by atoms with E-state index in [1.165, 1.54) is 24.3 Å². The van der Waals surface area contributed by atoms with E-state index in [1.807, 2.05) is 6.92 Å². The molecule has 0 aromatic heterocycles. The topological polar surface area (TPSA) is 95.5 Å². The van der Waals surface area contributed by atoms with Crippen LogP contribution in [0, 0.1) is 11.7 Å². The zero-order valence-electron chi connectivity index (χ0n) is 17.0. The Hall–Kier alpha value is -3.48. The van der Waals surface area contributed by atoms with Crippen LogP contribution in [0.2, 0.25) is 0 Å². The fourth-order valence-electron chi connectivity index (χ4n) is 3.26. The summed E-state index contributed by atoms with van der Waals surface area (Å²) >= 11 is 0. The normalized spacial score (nSPS) is 12.2. The molecule has 0 aliphatic carbocycles. The number of carbonyl (C=O) groups excluding carboxylic acids is 1. The lowest BCUT2D eigenvalue weighted by Gasteiger charge is -2.22. The van der Waals surface area contributed by atoms with Crippen molar-refractivity contribution in [3.63, 3.8) is 0 Å². The van der Waals surface area contributed by atoms with E-state index in [9.17, 15) is 23.9 Å². The van der Waals surface area contributed by atoms with Gasteiger partial charge in [0.2, 0.25) is 0 Å². The number of phenols is 1. The predicted molar refractivity (Wildman–Crippen MR) is 115 cm³/mol. The molecule has 0 heterocycles. The first-order chi connectivity index (χ1) is 14.2. The van der Waals surface area contributed by atoms with Gasteiger partial charge in [0.15, 0.2) is 5.78 Å². The second kappa shape index (κ2) is 8.49. The molecule has 0 bridgehead atoms. The summed E-state index contributed by atoms with van der Waals surface area (Å²) in [6, 6.07) is 10.2. The number of phenolic OH excluding ortho intramolecular Hbond substituents is 1. The van der Waals surface area contributed by atoms with Gasteiger partial charge in [-0.25, -0.2) is 4.39 Å². The molecule has 0 aliphatic heterocycles. The first-order valence-electron chi connectivity index (χ1n) is 9.73. The zero-order chi connectivity index (χ0) is 22.0. The molecule has 6 nitrogen and oxygen atoms in total. The molecule has 7 heteroatoms. The number of rotatable bonds is 8. The summed E-state index contributed by atoms with van der Waals surface area (Å²) in [6.07, 6.45) is 0.547. The monoisotopic (exact) mass is 410 g/mol. The van der Waals surface area contributed by atoms with Gasteiger partial charge in [0.25, 0.3) is 10.9 Å². The summed E-state index contributed by atoms with van der Waals surface area (Å²) < 4.78 is 13.6. The van der Waals surface area contributed by atoms with Gasteiger partial charge in [-0.2, -0.15) is 0 Å². The molecule has 3 aromatic carbocycles. The number of Topliss-reactive ketones (excluding diaryl/α,β-unsaturated/α-hetero) is 1. The molecule has 0 aliphatic rings. The molecule has 30 heavy (non-hydrogen) atoms. The smallest absolute Gasteiger partial charge is 0.253 e. The Balaban J connectivity index is 1.91. The number of benzene rings is 2. The van der Waals surface area contributed by atoms with Crippen molar-refractivity contribution >= 4 is 22.8 Å². The summed E-state index contributed by atoms with van der Waals surface area (Å²) in [5, 5.41) is 16.3. The van der Waals surface area contributed by atoms with E-state index in [0.29, 0.717) is 12.0 Å².